The Hall–Kier alpha value is -3.59. The van der Waals surface area contributed by atoms with Gasteiger partial charge in [0.05, 0.1) is 34.9 Å². The van der Waals surface area contributed by atoms with Gasteiger partial charge in [0, 0.05) is 44.7 Å². The minimum absolute atomic E-state index is 0.0182. The van der Waals surface area contributed by atoms with Crippen LogP contribution in [0.1, 0.15) is 11.5 Å². The average molecular weight is 421 g/mol. The Morgan fingerprint density at radius 2 is 2.16 bits per heavy atom. The van der Waals surface area contributed by atoms with E-state index in [9.17, 15) is 9.18 Å². The van der Waals surface area contributed by atoms with Gasteiger partial charge in [0.15, 0.2) is 0 Å². The second-order valence-corrected chi connectivity index (χ2v) is 7.38. The van der Waals surface area contributed by atoms with E-state index in [0.717, 1.165) is 42.9 Å². The Morgan fingerprint density at radius 3 is 2.94 bits per heavy atom. The van der Waals surface area contributed by atoms with Gasteiger partial charge in [-0.1, -0.05) is 12.1 Å². The number of nitrogens with one attached hydrogen (secondary N) is 2. The van der Waals surface area contributed by atoms with Crippen LogP contribution in [0.5, 0.6) is 0 Å². The third-order valence-electron chi connectivity index (χ3n) is 5.16. The molecule has 4 N–H and O–H groups in total. The number of aromatic amines is 1. The van der Waals surface area contributed by atoms with Crippen LogP contribution < -0.4 is 11.1 Å². The first-order valence-electron chi connectivity index (χ1n) is 10.1. The molecule has 3 aromatic rings. The number of hydrogen-bond donors (Lipinski definition) is 3. The second kappa shape index (κ2) is 9.48. The molecule has 8 nitrogen and oxygen atoms in total. The number of imidazole rings is 1. The standard InChI is InChI=1S/C22H24FN7O/c23-17-4-3-8-25-20(17)12-27-22(31)15(10-24)11-26-16-13-30(14-16)9-7-21-28-18-5-1-2-6-19(18)29-21/h1-6,8,10-11,16H,7,9,12-14,24H2,(H,27,31)(H,28,29). The van der Waals surface area contributed by atoms with E-state index >= 15 is 0 Å². The molecule has 31 heavy (non-hydrogen) atoms. The zero-order chi connectivity index (χ0) is 21.6. The third kappa shape index (κ3) is 5.13. The van der Waals surface area contributed by atoms with Gasteiger partial charge in [-0.25, -0.2) is 9.37 Å². The number of H-pyrrole nitrogens is 1. The fourth-order valence-corrected chi connectivity index (χ4v) is 3.39. The first-order valence-corrected chi connectivity index (χ1v) is 10.1. The molecule has 3 heterocycles. The van der Waals surface area contributed by atoms with Crippen LogP contribution in [0.15, 0.2) is 59.4 Å². The maximum Gasteiger partial charge on any atom is 0.254 e. The number of aromatic nitrogens is 3. The SMILES string of the molecule is NC=C(C=NC1CN(CCc2nc3ccccc3[nH]2)C1)C(=O)NCc1ncccc1F. The summed E-state index contributed by atoms with van der Waals surface area (Å²) in [5.41, 5.74) is 8.00. The number of rotatable bonds is 8. The molecule has 0 unspecified atom stereocenters. The zero-order valence-corrected chi connectivity index (χ0v) is 17.0. The molecule has 0 bridgehead atoms. The van der Waals surface area contributed by atoms with Crippen LogP contribution in [-0.2, 0) is 17.8 Å². The number of para-hydroxylation sites is 2. The molecule has 0 radical (unpaired) electrons. The molecule has 0 aliphatic carbocycles. The summed E-state index contributed by atoms with van der Waals surface area (Å²) in [5, 5.41) is 2.61. The number of pyridine rings is 1. The highest BCUT2D eigenvalue weighted by atomic mass is 19.1. The molecule has 0 spiro atoms. The Balaban J connectivity index is 1.20. The van der Waals surface area contributed by atoms with Crippen molar-refractivity contribution in [1.29, 1.82) is 0 Å². The summed E-state index contributed by atoms with van der Waals surface area (Å²) in [4.78, 5) is 30.8. The predicted octanol–water partition coefficient (Wildman–Crippen LogP) is 1.55. The van der Waals surface area contributed by atoms with Crippen molar-refractivity contribution in [2.75, 3.05) is 19.6 Å². The highest BCUT2D eigenvalue weighted by Crippen LogP contribution is 2.14. The van der Waals surface area contributed by atoms with Crippen molar-refractivity contribution < 1.29 is 9.18 Å². The lowest BCUT2D eigenvalue weighted by Crippen LogP contribution is -2.50. The summed E-state index contributed by atoms with van der Waals surface area (Å²) in [6.07, 6.45) is 4.99. The van der Waals surface area contributed by atoms with E-state index in [4.69, 9.17) is 5.73 Å². The summed E-state index contributed by atoms with van der Waals surface area (Å²) in [5.74, 6) is 0.0897. The fraction of sp³-hybridized carbons (Fsp3) is 0.273. The van der Waals surface area contributed by atoms with E-state index in [1.165, 1.54) is 30.7 Å². The topological polar surface area (TPSA) is 112 Å². The lowest BCUT2D eigenvalue weighted by atomic mass is 10.1. The molecule has 1 saturated heterocycles. The van der Waals surface area contributed by atoms with E-state index in [-0.39, 0.29) is 23.9 Å². The van der Waals surface area contributed by atoms with Crippen molar-refractivity contribution in [3.05, 3.63) is 71.7 Å². The number of likely N-dealkylation sites (tertiary alicyclic amines) is 1. The number of fused-ring (bicyclic) bond motifs is 1. The van der Waals surface area contributed by atoms with Crippen molar-refractivity contribution >= 4 is 23.2 Å². The van der Waals surface area contributed by atoms with E-state index in [0.29, 0.717) is 0 Å². The smallest absolute Gasteiger partial charge is 0.254 e. The third-order valence-corrected chi connectivity index (χ3v) is 5.16. The highest BCUT2D eigenvalue weighted by Gasteiger charge is 2.25. The first-order chi connectivity index (χ1) is 15.1. The molecule has 1 amide bonds. The highest BCUT2D eigenvalue weighted by molar-refractivity contribution is 6.12. The number of aliphatic imine (C=N–C) groups is 1. The molecule has 2 aromatic heterocycles. The fourth-order valence-electron chi connectivity index (χ4n) is 3.39. The number of nitrogens with two attached hydrogens (primary N) is 1. The molecular formula is C22H24FN7O. The maximum absolute atomic E-state index is 13.6. The number of halogens is 1. The second-order valence-electron chi connectivity index (χ2n) is 7.38. The van der Waals surface area contributed by atoms with Crippen LogP contribution in [0.4, 0.5) is 4.39 Å². The van der Waals surface area contributed by atoms with Crippen LogP contribution in [0, 0.1) is 5.82 Å². The van der Waals surface area contributed by atoms with E-state index in [1.54, 1.807) is 0 Å². The molecule has 4 rings (SSSR count). The van der Waals surface area contributed by atoms with Gasteiger partial charge in [-0.2, -0.15) is 0 Å². The van der Waals surface area contributed by atoms with Crippen molar-refractivity contribution in [2.45, 2.75) is 19.0 Å². The average Bonchev–Trinajstić information content (AvgIpc) is 3.17. The number of carbonyl (C=O) groups excluding carboxylic acids is 1. The summed E-state index contributed by atoms with van der Waals surface area (Å²) >= 11 is 0. The van der Waals surface area contributed by atoms with E-state index < -0.39 is 11.7 Å². The van der Waals surface area contributed by atoms with E-state index in [2.05, 4.69) is 30.2 Å². The van der Waals surface area contributed by atoms with Crippen molar-refractivity contribution in [3.8, 4) is 0 Å². The van der Waals surface area contributed by atoms with Crippen molar-refractivity contribution in [3.63, 3.8) is 0 Å². The summed E-state index contributed by atoms with van der Waals surface area (Å²) in [6.45, 7) is 2.50. The molecule has 9 heteroatoms. The van der Waals surface area contributed by atoms with Gasteiger partial charge < -0.3 is 16.0 Å². The molecule has 1 fully saturated rings. The Labute approximate surface area is 179 Å². The van der Waals surface area contributed by atoms with Crippen molar-refractivity contribution in [2.24, 2.45) is 10.7 Å². The molecule has 0 atom stereocenters. The monoisotopic (exact) mass is 421 g/mol. The minimum atomic E-state index is -0.466. The van der Waals surface area contributed by atoms with Gasteiger partial charge >= 0.3 is 0 Å². The largest absolute Gasteiger partial charge is 0.404 e. The van der Waals surface area contributed by atoms with Crippen LogP contribution >= 0.6 is 0 Å². The predicted molar refractivity (Wildman–Crippen MR) is 117 cm³/mol. The normalized spacial score (nSPS) is 15.5. The number of nitrogens with zero attached hydrogens (tertiary/aromatic N) is 4. The number of hydrogen-bond acceptors (Lipinski definition) is 6. The molecule has 1 aromatic carbocycles. The number of carbonyl (C=O) groups is 1. The van der Waals surface area contributed by atoms with Crippen LogP contribution in [0.3, 0.4) is 0 Å². The van der Waals surface area contributed by atoms with Crippen LogP contribution in [-0.4, -0.2) is 57.6 Å². The maximum atomic E-state index is 13.6. The summed E-state index contributed by atoms with van der Waals surface area (Å²) in [7, 11) is 0. The lowest BCUT2D eigenvalue weighted by Gasteiger charge is -2.36. The molecule has 160 valence electrons. The Bertz CT molecular complexity index is 1080. The van der Waals surface area contributed by atoms with Gasteiger partial charge in [0.1, 0.15) is 11.6 Å². The van der Waals surface area contributed by atoms with Gasteiger partial charge in [0.25, 0.3) is 5.91 Å². The summed E-state index contributed by atoms with van der Waals surface area (Å²) in [6, 6.07) is 10.9. The van der Waals surface area contributed by atoms with Crippen molar-refractivity contribution in [1.82, 2.24) is 25.2 Å². The van der Waals surface area contributed by atoms with Crippen LogP contribution in [0.2, 0.25) is 0 Å². The minimum Gasteiger partial charge on any atom is -0.404 e. The molecular weight excluding hydrogens is 397 g/mol. The van der Waals surface area contributed by atoms with Gasteiger partial charge in [0.2, 0.25) is 0 Å². The molecule has 0 saturated carbocycles. The van der Waals surface area contributed by atoms with Gasteiger partial charge in [-0.3, -0.25) is 19.7 Å². The van der Waals surface area contributed by atoms with Gasteiger partial charge in [-0.05, 0) is 24.3 Å². The zero-order valence-electron chi connectivity index (χ0n) is 17.0. The van der Waals surface area contributed by atoms with Crippen LogP contribution in [0.25, 0.3) is 11.0 Å². The van der Waals surface area contributed by atoms with E-state index in [1.807, 2.05) is 24.3 Å². The number of amides is 1. The quantitative estimate of drug-likeness (QED) is 0.377. The number of benzene rings is 1. The Morgan fingerprint density at radius 1 is 1.32 bits per heavy atom. The molecule has 1 aliphatic heterocycles. The summed E-state index contributed by atoms with van der Waals surface area (Å²) < 4.78 is 13.6. The Kier molecular flexibility index (Phi) is 6.32. The lowest BCUT2D eigenvalue weighted by molar-refractivity contribution is -0.117. The first kappa shape index (κ1) is 20.7. The molecule has 1 aliphatic rings. The van der Waals surface area contributed by atoms with Gasteiger partial charge in [-0.15, -0.1) is 0 Å².